The molecule has 1 atom stereocenters. The number of carbonyl (C=O) groups excluding carboxylic acids is 1. The van der Waals surface area contributed by atoms with Crippen LogP contribution in [0.2, 0.25) is 5.02 Å². The second-order valence-electron chi connectivity index (χ2n) is 5.76. The highest BCUT2D eigenvalue weighted by atomic mass is 35.5. The number of hydrogen-bond acceptors (Lipinski definition) is 3. The van der Waals surface area contributed by atoms with Crippen LogP contribution in [0.4, 0.5) is 10.5 Å². The van der Waals surface area contributed by atoms with Crippen LogP contribution < -0.4 is 5.32 Å². The predicted octanol–water partition coefficient (Wildman–Crippen LogP) is 3.28. The van der Waals surface area contributed by atoms with Crippen LogP contribution in [-0.4, -0.2) is 38.8 Å². The van der Waals surface area contributed by atoms with Gasteiger partial charge in [-0.25, -0.2) is 4.79 Å². The van der Waals surface area contributed by atoms with Gasteiger partial charge in [-0.3, -0.25) is 9.67 Å². The first-order valence-electron chi connectivity index (χ1n) is 7.78. The summed E-state index contributed by atoms with van der Waals surface area (Å²) in [6.45, 7) is 5.35. The highest BCUT2D eigenvalue weighted by Crippen LogP contribution is 2.24. The van der Waals surface area contributed by atoms with Gasteiger partial charge in [-0.05, 0) is 31.4 Å². The van der Waals surface area contributed by atoms with Crippen LogP contribution >= 0.6 is 11.6 Å². The SMILES string of the molecule is CCc1nccc(C)c1NC(=O)N1CCC(n2cc(Cl)cn2)C1. The largest absolute Gasteiger partial charge is 0.322 e. The molecule has 7 heteroatoms. The van der Waals surface area contributed by atoms with Gasteiger partial charge < -0.3 is 10.2 Å². The smallest absolute Gasteiger partial charge is 0.321 e. The molecule has 122 valence electrons. The second-order valence-corrected chi connectivity index (χ2v) is 6.20. The Hall–Kier alpha value is -2.08. The number of nitrogens with one attached hydrogen (secondary N) is 1. The molecule has 1 N–H and O–H groups in total. The molecule has 1 unspecified atom stereocenters. The fourth-order valence-electron chi connectivity index (χ4n) is 2.90. The number of aryl methyl sites for hydroxylation is 2. The van der Waals surface area contributed by atoms with Crippen LogP contribution in [0, 0.1) is 6.92 Å². The summed E-state index contributed by atoms with van der Waals surface area (Å²) in [6.07, 6.45) is 6.85. The maximum absolute atomic E-state index is 12.5. The van der Waals surface area contributed by atoms with Gasteiger partial charge in [-0.2, -0.15) is 5.10 Å². The van der Waals surface area contributed by atoms with E-state index in [0.29, 0.717) is 18.1 Å². The number of carbonyl (C=O) groups is 1. The molecule has 1 fully saturated rings. The van der Waals surface area contributed by atoms with E-state index in [1.54, 1.807) is 18.6 Å². The number of halogens is 1. The fraction of sp³-hybridized carbons (Fsp3) is 0.438. The Labute approximate surface area is 140 Å². The topological polar surface area (TPSA) is 63.1 Å². The summed E-state index contributed by atoms with van der Waals surface area (Å²) in [6, 6.07) is 2.00. The lowest BCUT2D eigenvalue weighted by Gasteiger charge is -2.19. The quantitative estimate of drug-likeness (QED) is 0.937. The van der Waals surface area contributed by atoms with E-state index in [0.717, 1.165) is 29.8 Å². The molecule has 1 saturated heterocycles. The number of amides is 2. The zero-order valence-corrected chi connectivity index (χ0v) is 14.0. The summed E-state index contributed by atoms with van der Waals surface area (Å²) >= 11 is 5.91. The molecule has 2 amide bonds. The zero-order chi connectivity index (χ0) is 16.4. The Bertz CT molecular complexity index is 714. The number of nitrogens with zero attached hydrogens (tertiary/aromatic N) is 4. The molecule has 6 nitrogen and oxygen atoms in total. The van der Waals surface area contributed by atoms with Crippen LogP contribution in [0.15, 0.2) is 24.7 Å². The lowest BCUT2D eigenvalue weighted by atomic mass is 10.1. The van der Waals surface area contributed by atoms with Gasteiger partial charge in [0.25, 0.3) is 0 Å². The number of likely N-dealkylation sites (tertiary alicyclic amines) is 1. The van der Waals surface area contributed by atoms with E-state index in [1.807, 2.05) is 29.5 Å². The molecule has 1 aliphatic rings. The van der Waals surface area contributed by atoms with E-state index < -0.39 is 0 Å². The third-order valence-corrected chi connectivity index (χ3v) is 4.39. The van der Waals surface area contributed by atoms with Crippen molar-refractivity contribution in [2.45, 2.75) is 32.7 Å². The molecule has 2 aromatic heterocycles. The van der Waals surface area contributed by atoms with Crippen molar-refractivity contribution >= 4 is 23.3 Å². The van der Waals surface area contributed by atoms with Crippen molar-refractivity contribution in [2.75, 3.05) is 18.4 Å². The number of rotatable bonds is 3. The highest BCUT2D eigenvalue weighted by molar-refractivity contribution is 6.30. The molecule has 3 rings (SSSR count). The normalized spacial score (nSPS) is 17.5. The van der Waals surface area contributed by atoms with Crippen molar-refractivity contribution in [1.29, 1.82) is 0 Å². The van der Waals surface area contributed by atoms with Gasteiger partial charge in [0, 0.05) is 25.5 Å². The lowest BCUT2D eigenvalue weighted by molar-refractivity contribution is 0.220. The summed E-state index contributed by atoms with van der Waals surface area (Å²) in [4.78, 5) is 18.7. The summed E-state index contributed by atoms with van der Waals surface area (Å²) < 4.78 is 1.84. The van der Waals surface area contributed by atoms with Crippen molar-refractivity contribution in [3.63, 3.8) is 0 Å². The third kappa shape index (κ3) is 3.32. The summed E-state index contributed by atoms with van der Waals surface area (Å²) in [5, 5.41) is 7.87. The van der Waals surface area contributed by atoms with Crippen LogP contribution in [0.5, 0.6) is 0 Å². The third-order valence-electron chi connectivity index (χ3n) is 4.20. The van der Waals surface area contributed by atoms with E-state index in [9.17, 15) is 4.79 Å². The Balaban J connectivity index is 1.68. The van der Waals surface area contributed by atoms with Crippen LogP contribution in [0.3, 0.4) is 0 Å². The van der Waals surface area contributed by atoms with Gasteiger partial charge in [0.2, 0.25) is 0 Å². The standard InChI is InChI=1S/C16H20ClN5O/c1-3-14-15(11(2)4-6-18-14)20-16(23)21-7-5-13(10-21)22-9-12(17)8-19-22/h4,6,8-9,13H,3,5,7,10H2,1-2H3,(H,20,23). The summed E-state index contributed by atoms with van der Waals surface area (Å²) in [5.74, 6) is 0. The van der Waals surface area contributed by atoms with Crippen molar-refractivity contribution < 1.29 is 4.79 Å². The molecule has 0 bridgehead atoms. The summed E-state index contributed by atoms with van der Waals surface area (Å²) in [5.41, 5.74) is 2.76. The molecular formula is C16H20ClN5O. The molecular weight excluding hydrogens is 314 g/mol. The number of anilines is 1. The summed E-state index contributed by atoms with van der Waals surface area (Å²) in [7, 11) is 0. The van der Waals surface area contributed by atoms with Gasteiger partial charge in [0.15, 0.2) is 0 Å². The van der Waals surface area contributed by atoms with Gasteiger partial charge in [0.05, 0.1) is 28.6 Å². The van der Waals surface area contributed by atoms with Crippen molar-refractivity contribution in [2.24, 2.45) is 0 Å². The van der Waals surface area contributed by atoms with Gasteiger partial charge in [0.1, 0.15) is 0 Å². The molecule has 0 aliphatic carbocycles. The Morgan fingerprint density at radius 3 is 3.04 bits per heavy atom. The monoisotopic (exact) mass is 333 g/mol. The van der Waals surface area contributed by atoms with Crippen molar-refractivity contribution in [3.8, 4) is 0 Å². The molecule has 0 saturated carbocycles. The Morgan fingerprint density at radius 2 is 2.35 bits per heavy atom. The first-order chi connectivity index (χ1) is 11.1. The van der Waals surface area contributed by atoms with E-state index >= 15 is 0 Å². The molecule has 0 spiro atoms. The minimum Gasteiger partial charge on any atom is -0.322 e. The number of urea groups is 1. The fourth-order valence-corrected chi connectivity index (χ4v) is 3.04. The molecule has 0 aromatic carbocycles. The number of aromatic nitrogens is 3. The van der Waals surface area contributed by atoms with E-state index in [1.165, 1.54) is 0 Å². The maximum Gasteiger partial charge on any atom is 0.321 e. The average molecular weight is 334 g/mol. The lowest BCUT2D eigenvalue weighted by Crippen LogP contribution is -2.33. The Morgan fingerprint density at radius 1 is 1.52 bits per heavy atom. The number of pyridine rings is 1. The zero-order valence-electron chi connectivity index (χ0n) is 13.3. The minimum atomic E-state index is -0.0865. The molecule has 2 aromatic rings. The predicted molar refractivity (Wildman–Crippen MR) is 89.8 cm³/mol. The van der Waals surface area contributed by atoms with Gasteiger partial charge in [-0.15, -0.1) is 0 Å². The van der Waals surface area contributed by atoms with Crippen LogP contribution in [0.1, 0.15) is 30.6 Å². The van der Waals surface area contributed by atoms with Gasteiger partial charge in [-0.1, -0.05) is 18.5 Å². The number of hydrogen-bond donors (Lipinski definition) is 1. The van der Waals surface area contributed by atoms with E-state index in [4.69, 9.17) is 11.6 Å². The van der Waals surface area contributed by atoms with E-state index in [-0.39, 0.29) is 12.1 Å². The van der Waals surface area contributed by atoms with E-state index in [2.05, 4.69) is 15.4 Å². The molecule has 1 aliphatic heterocycles. The highest BCUT2D eigenvalue weighted by Gasteiger charge is 2.28. The molecule has 0 radical (unpaired) electrons. The second kappa shape index (κ2) is 6.58. The maximum atomic E-state index is 12.5. The molecule has 3 heterocycles. The minimum absolute atomic E-state index is 0.0865. The van der Waals surface area contributed by atoms with Crippen LogP contribution in [-0.2, 0) is 6.42 Å². The Kier molecular flexibility index (Phi) is 4.52. The first kappa shape index (κ1) is 15.8. The van der Waals surface area contributed by atoms with Crippen molar-refractivity contribution in [3.05, 3.63) is 40.9 Å². The average Bonchev–Trinajstić information content (AvgIpc) is 3.18. The first-order valence-corrected chi connectivity index (χ1v) is 8.16. The van der Waals surface area contributed by atoms with Gasteiger partial charge >= 0.3 is 6.03 Å². The molecule has 23 heavy (non-hydrogen) atoms. The van der Waals surface area contributed by atoms with Crippen LogP contribution in [0.25, 0.3) is 0 Å². The van der Waals surface area contributed by atoms with Crippen molar-refractivity contribution in [1.82, 2.24) is 19.7 Å².